The highest BCUT2D eigenvalue weighted by molar-refractivity contribution is 7.16. The quantitative estimate of drug-likeness (QED) is 0.772. The van der Waals surface area contributed by atoms with Crippen molar-refractivity contribution in [3.63, 3.8) is 0 Å². The van der Waals surface area contributed by atoms with Gasteiger partial charge in [-0.1, -0.05) is 6.92 Å². The van der Waals surface area contributed by atoms with Crippen molar-refractivity contribution in [2.24, 2.45) is 11.8 Å². The molecule has 0 aromatic carbocycles. The zero-order valence-corrected chi connectivity index (χ0v) is 16.2. The molecular weight excluding hydrogens is 350 g/mol. The molecule has 2 aliphatic rings. The predicted octanol–water partition coefficient (Wildman–Crippen LogP) is 1.15. The lowest BCUT2D eigenvalue weighted by atomic mass is 9.89. The Hall–Kier alpha value is -1.91. The van der Waals surface area contributed by atoms with E-state index in [1.54, 1.807) is 11.3 Å². The number of nitrogens with zero attached hydrogens (tertiary/aromatic N) is 1. The molecule has 1 aromatic rings. The van der Waals surface area contributed by atoms with Crippen LogP contribution in [-0.2, 0) is 27.2 Å². The summed E-state index contributed by atoms with van der Waals surface area (Å²) in [5, 5.41) is 13.2. The monoisotopic (exact) mass is 376 g/mol. The molecular formula is C19H26N3O3S+. The van der Waals surface area contributed by atoms with Crippen molar-refractivity contribution in [2.45, 2.75) is 39.0 Å². The minimum absolute atomic E-state index is 0.0389. The number of carbonyl (C=O) groups is 2. The maximum atomic E-state index is 12.5. The van der Waals surface area contributed by atoms with Crippen LogP contribution >= 0.6 is 11.3 Å². The zero-order chi connectivity index (χ0) is 18.7. The molecule has 6 nitrogen and oxygen atoms in total. The molecule has 1 amide bonds. The summed E-state index contributed by atoms with van der Waals surface area (Å²) in [7, 11) is 1.42. The number of hydrogen-bond acceptors (Lipinski definition) is 5. The summed E-state index contributed by atoms with van der Waals surface area (Å²) in [5.41, 5.74) is 1.79. The second-order valence-electron chi connectivity index (χ2n) is 7.44. The van der Waals surface area contributed by atoms with E-state index in [9.17, 15) is 14.9 Å². The van der Waals surface area contributed by atoms with Gasteiger partial charge in [0, 0.05) is 17.7 Å². The SMILES string of the molecule is COC(=O)C1CC[NH+](CC(=O)Nc2sc3c(c2C#N)CC[C@@H](C)C3)CC1. The molecule has 0 radical (unpaired) electrons. The number of anilines is 1. The van der Waals surface area contributed by atoms with E-state index in [0.717, 1.165) is 50.8 Å². The van der Waals surface area contributed by atoms with Crippen molar-refractivity contribution in [2.75, 3.05) is 32.1 Å². The van der Waals surface area contributed by atoms with Crippen LogP contribution in [-0.4, -0.2) is 38.6 Å². The van der Waals surface area contributed by atoms with E-state index in [2.05, 4.69) is 18.3 Å². The summed E-state index contributed by atoms with van der Waals surface area (Å²) in [6.45, 7) is 4.18. The van der Waals surface area contributed by atoms with Crippen LogP contribution in [0.15, 0.2) is 0 Å². The standard InChI is InChI=1S/C19H25N3O3S/c1-12-3-4-14-15(10-20)18(26-16(14)9-12)21-17(23)11-22-7-5-13(6-8-22)19(24)25-2/h12-13H,3-9,11H2,1-2H3,(H,21,23)/p+1/t12-/m1/s1. The molecule has 0 unspecified atom stereocenters. The number of hydrogen-bond donors (Lipinski definition) is 2. The van der Waals surface area contributed by atoms with Gasteiger partial charge < -0.3 is 15.0 Å². The van der Waals surface area contributed by atoms with Crippen LogP contribution in [0.25, 0.3) is 0 Å². The number of ether oxygens (including phenoxy) is 1. The average Bonchev–Trinajstić information content (AvgIpc) is 2.97. The Morgan fingerprint density at radius 1 is 1.35 bits per heavy atom. The van der Waals surface area contributed by atoms with Crippen molar-refractivity contribution < 1.29 is 19.2 Å². The van der Waals surface area contributed by atoms with E-state index in [-0.39, 0.29) is 17.8 Å². The molecule has 2 heterocycles. The van der Waals surface area contributed by atoms with Gasteiger partial charge in [0.15, 0.2) is 6.54 Å². The lowest BCUT2D eigenvalue weighted by molar-refractivity contribution is -0.897. The molecule has 1 fully saturated rings. The van der Waals surface area contributed by atoms with E-state index in [0.29, 0.717) is 23.0 Å². The number of piperidine rings is 1. The molecule has 7 heteroatoms. The van der Waals surface area contributed by atoms with Crippen LogP contribution in [0, 0.1) is 23.2 Å². The largest absolute Gasteiger partial charge is 0.469 e. The first-order chi connectivity index (χ1) is 12.5. The maximum absolute atomic E-state index is 12.5. The van der Waals surface area contributed by atoms with Gasteiger partial charge in [0.05, 0.1) is 31.7 Å². The van der Waals surface area contributed by atoms with Gasteiger partial charge in [0.2, 0.25) is 0 Å². The van der Waals surface area contributed by atoms with Crippen LogP contribution in [0.1, 0.15) is 42.2 Å². The number of esters is 1. The topological polar surface area (TPSA) is 83.6 Å². The molecule has 1 aliphatic heterocycles. The van der Waals surface area contributed by atoms with Crippen LogP contribution in [0.5, 0.6) is 0 Å². The van der Waals surface area contributed by atoms with Gasteiger partial charge in [-0.05, 0) is 30.7 Å². The van der Waals surface area contributed by atoms with E-state index >= 15 is 0 Å². The molecule has 1 atom stereocenters. The number of thiophene rings is 1. The fraction of sp³-hybridized carbons (Fsp3) is 0.632. The van der Waals surface area contributed by atoms with Gasteiger partial charge in [-0.3, -0.25) is 9.59 Å². The summed E-state index contributed by atoms with van der Waals surface area (Å²) in [6.07, 6.45) is 4.54. The molecule has 3 rings (SSSR count). The van der Waals surface area contributed by atoms with Crippen LogP contribution in [0.4, 0.5) is 5.00 Å². The van der Waals surface area contributed by atoms with E-state index in [1.807, 2.05) is 0 Å². The molecule has 0 saturated carbocycles. The van der Waals surface area contributed by atoms with Crippen molar-refractivity contribution in [3.8, 4) is 6.07 Å². The number of amides is 1. The third-order valence-electron chi connectivity index (χ3n) is 5.51. The van der Waals surface area contributed by atoms with E-state index in [1.165, 1.54) is 16.9 Å². The molecule has 26 heavy (non-hydrogen) atoms. The molecule has 1 aromatic heterocycles. The van der Waals surface area contributed by atoms with Crippen molar-refractivity contribution in [1.29, 1.82) is 5.26 Å². The second kappa shape index (κ2) is 8.19. The Balaban J connectivity index is 1.58. The molecule has 1 saturated heterocycles. The van der Waals surface area contributed by atoms with E-state index < -0.39 is 0 Å². The highest BCUT2D eigenvalue weighted by atomic mass is 32.1. The van der Waals surface area contributed by atoms with Crippen molar-refractivity contribution >= 4 is 28.2 Å². The number of nitrogens with one attached hydrogen (secondary N) is 2. The highest BCUT2D eigenvalue weighted by Crippen LogP contribution is 2.39. The van der Waals surface area contributed by atoms with Crippen LogP contribution in [0.3, 0.4) is 0 Å². The summed E-state index contributed by atoms with van der Waals surface area (Å²) < 4.78 is 4.80. The van der Waals surface area contributed by atoms with Gasteiger partial charge in [-0.25, -0.2) is 0 Å². The van der Waals surface area contributed by atoms with Gasteiger partial charge in [0.1, 0.15) is 11.1 Å². The molecule has 2 N–H and O–H groups in total. The first kappa shape index (κ1) is 18.9. The number of likely N-dealkylation sites (tertiary alicyclic amines) is 1. The minimum Gasteiger partial charge on any atom is -0.469 e. The Kier molecular flexibility index (Phi) is 5.94. The molecule has 1 aliphatic carbocycles. The summed E-state index contributed by atoms with van der Waals surface area (Å²) >= 11 is 1.56. The minimum atomic E-state index is -0.148. The zero-order valence-electron chi connectivity index (χ0n) is 15.4. The third kappa shape index (κ3) is 4.08. The smallest absolute Gasteiger partial charge is 0.309 e. The van der Waals surface area contributed by atoms with Crippen LogP contribution < -0.4 is 10.2 Å². The first-order valence-corrected chi connectivity index (χ1v) is 10.1. The lowest BCUT2D eigenvalue weighted by Gasteiger charge is -2.27. The Labute approximate surface area is 158 Å². The molecule has 0 bridgehead atoms. The van der Waals surface area contributed by atoms with Gasteiger partial charge in [-0.15, -0.1) is 11.3 Å². The van der Waals surface area contributed by atoms with Gasteiger partial charge >= 0.3 is 5.97 Å². The van der Waals surface area contributed by atoms with E-state index in [4.69, 9.17) is 4.74 Å². The average molecular weight is 377 g/mol. The fourth-order valence-electron chi connectivity index (χ4n) is 3.96. The third-order valence-corrected chi connectivity index (χ3v) is 6.68. The number of methoxy groups -OCH3 is 1. The van der Waals surface area contributed by atoms with Gasteiger partial charge in [0.25, 0.3) is 5.91 Å². The lowest BCUT2D eigenvalue weighted by Crippen LogP contribution is -3.14. The van der Waals surface area contributed by atoms with Crippen molar-refractivity contribution in [1.82, 2.24) is 0 Å². The number of carbonyl (C=O) groups excluding carboxylic acids is 2. The number of rotatable bonds is 4. The Morgan fingerprint density at radius 3 is 2.73 bits per heavy atom. The first-order valence-electron chi connectivity index (χ1n) is 9.27. The normalized spacial score (nSPS) is 25.0. The second-order valence-corrected chi connectivity index (χ2v) is 8.55. The van der Waals surface area contributed by atoms with Crippen LogP contribution in [0.2, 0.25) is 0 Å². The summed E-state index contributed by atoms with van der Waals surface area (Å²) in [5.74, 6) is 0.394. The Morgan fingerprint density at radius 2 is 2.08 bits per heavy atom. The number of quaternary nitrogens is 1. The molecule has 140 valence electrons. The molecule has 0 spiro atoms. The number of nitriles is 1. The summed E-state index contributed by atoms with van der Waals surface area (Å²) in [4.78, 5) is 26.5. The Bertz CT molecular complexity index is 729. The van der Waals surface area contributed by atoms with Crippen molar-refractivity contribution in [3.05, 3.63) is 16.0 Å². The maximum Gasteiger partial charge on any atom is 0.309 e. The summed E-state index contributed by atoms with van der Waals surface area (Å²) in [6, 6.07) is 2.29. The van der Waals surface area contributed by atoms with Gasteiger partial charge in [-0.2, -0.15) is 5.26 Å². The predicted molar refractivity (Wildman–Crippen MR) is 99.2 cm³/mol. The number of fused-ring (bicyclic) bond motifs is 1. The fourth-order valence-corrected chi connectivity index (χ4v) is 5.34. The highest BCUT2D eigenvalue weighted by Gasteiger charge is 2.30.